The molecule has 0 saturated carbocycles. The van der Waals surface area contributed by atoms with E-state index in [1.54, 1.807) is 0 Å². The Bertz CT molecular complexity index is 592. The Morgan fingerprint density at radius 2 is 1.86 bits per heavy atom. The summed E-state index contributed by atoms with van der Waals surface area (Å²) in [6.45, 7) is 14.7. The van der Waals surface area contributed by atoms with Crippen molar-refractivity contribution in [1.82, 2.24) is 20.4 Å². The van der Waals surface area contributed by atoms with E-state index in [1.165, 1.54) is 17.5 Å². The molecule has 6 nitrogen and oxygen atoms in total. The van der Waals surface area contributed by atoms with Crippen LogP contribution in [0.15, 0.2) is 29.3 Å². The average molecular weight is 518 g/mol. The number of benzene rings is 1. The largest absolute Gasteiger partial charge is 0.379 e. The smallest absolute Gasteiger partial charge is 0.191 e. The van der Waals surface area contributed by atoms with Crippen LogP contribution in [0.3, 0.4) is 0 Å². The number of ether oxygens (including phenoxy) is 1. The van der Waals surface area contributed by atoms with Gasteiger partial charge in [0.25, 0.3) is 0 Å². The Morgan fingerprint density at radius 3 is 2.52 bits per heavy atom. The van der Waals surface area contributed by atoms with E-state index in [0.29, 0.717) is 12.6 Å². The van der Waals surface area contributed by atoms with Crippen LogP contribution < -0.4 is 10.6 Å². The third kappa shape index (κ3) is 9.63. The molecule has 2 N–H and O–H groups in total. The summed E-state index contributed by atoms with van der Waals surface area (Å²) >= 11 is 0. The number of guanidine groups is 1. The lowest BCUT2D eigenvalue weighted by molar-refractivity contribution is 0.0341. The van der Waals surface area contributed by atoms with Gasteiger partial charge >= 0.3 is 0 Å². The summed E-state index contributed by atoms with van der Waals surface area (Å²) in [5.41, 5.74) is 2.66. The average Bonchev–Trinajstić information content (AvgIpc) is 2.73. The van der Waals surface area contributed by atoms with Gasteiger partial charge in [0.2, 0.25) is 0 Å². The highest BCUT2D eigenvalue weighted by Gasteiger charge is 2.12. The highest BCUT2D eigenvalue weighted by molar-refractivity contribution is 14.0. The van der Waals surface area contributed by atoms with Gasteiger partial charge < -0.3 is 20.3 Å². The molecule has 1 aromatic carbocycles. The summed E-state index contributed by atoms with van der Waals surface area (Å²) in [6, 6.07) is 9.25. The number of aliphatic imine (C=N–C) groups is 1. The molecule has 1 fully saturated rings. The molecule has 0 aliphatic carbocycles. The van der Waals surface area contributed by atoms with Crippen LogP contribution in [-0.2, 0) is 17.8 Å². The van der Waals surface area contributed by atoms with Crippen LogP contribution in [-0.4, -0.2) is 74.8 Å². The zero-order chi connectivity index (χ0) is 20.2. The van der Waals surface area contributed by atoms with Gasteiger partial charge in [-0.05, 0) is 38.4 Å². The number of hydrogen-bond acceptors (Lipinski definition) is 4. The molecule has 1 saturated heterocycles. The number of likely N-dealkylation sites (N-methyl/N-ethyl adjacent to an activating group) is 1. The number of halogens is 1. The van der Waals surface area contributed by atoms with E-state index in [1.807, 2.05) is 0 Å². The molecule has 166 valence electrons. The molecule has 0 radical (unpaired) electrons. The number of morpholine rings is 1. The van der Waals surface area contributed by atoms with E-state index in [2.05, 4.69) is 72.5 Å². The maximum absolute atomic E-state index is 5.47. The van der Waals surface area contributed by atoms with Crippen molar-refractivity contribution in [2.45, 2.75) is 46.3 Å². The molecular formula is C22H40IN5O. The maximum atomic E-state index is 5.47. The lowest BCUT2D eigenvalue weighted by Crippen LogP contribution is -2.42. The molecule has 7 heteroatoms. The van der Waals surface area contributed by atoms with Crippen LogP contribution in [0.4, 0.5) is 0 Å². The molecule has 2 rings (SSSR count). The van der Waals surface area contributed by atoms with Gasteiger partial charge in [0.1, 0.15) is 0 Å². The molecule has 0 spiro atoms. The quantitative estimate of drug-likeness (QED) is 0.284. The number of rotatable bonds is 10. The fourth-order valence-corrected chi connectivity index (χ4v) is 3.25. The molecule has 1 heterocycles. The van der Waals surface area contributed by atoms with Crippen LogP contribution >= 0.6 is 24.0 Å². The van der Waals surface area contributed by atoms with Crippen LogP contribution in [0, 0.1) is 0 Å². The Kier molecular flexibility index (Phi) is 13.5. The monoisotopic (exact) mass is 517 g/mol. The van der Waals surface area contributed by atoms with E-state index >= 15 is 0 Å². The standard InChI is InChI=1S/C22H39N5O.HI/c1-5-19(3)26(4)12-11-24-22(23-6-2)25-17-20-9-7-8-10-21(20)18-27-13-15-28-16-14-27;/h7-10,19H,5-6,11-18H2,1-4H3,(H2,23,24,25);1H. The Labute approximate surface area is 194 Å². The minimum absolute atomic E-state index is 0. The van der Waals surface area contributed by atoms with Gasteiger partial charge in [-0.15, -0.1) is 24.0 Å². The van der Waals surface area contributed by atoms with Crippen LogP contribution in [0.2, 0.25) is 0 Å². The minimum atomic E-state index is 0. The number of hydrogen-bond donors (Lipinski definition) is 2. The molecule has 1 aliphatic heterocycles. The van der Waals surface area contributed by atoms with E-state index in [0.717, 1.165) is 58.4 Å². The molecule has 1 atom stereocenters. The van der Waals surface area contributed by atoms with Crippen LogP contribution in [0.5, 0.6) is 0 Å². The zero-order valence-corrected chi connectivity index (χ0v) is 20.9. The topological polar surface area (TPSA) is 52.1 Å². The lowest BCUT2D eigenvalue weighted by atomic mass is 10.1. The predicted molar refractivity (Wildman–Crippen MR) is 133 cm³/mol. The second-order valence-corrected chi connectivity index (χ2v) is 7.52. The van der Waals surface area contributed by atoms with Gasteiger partial charge in [0.05, 0.1) is 19.8 Å². The van der Waals surface area contributed by atoms with Gasteiger partial charge in [0, 0.05) is 45.3 Å². The first-order valence-corrected chi connectivity index (χ1v) is 10.7. The molecule has 1 aliphatic rings. The number of nitrogens with zero attached hydrogens (tertiary/aromatic N) is 3. The molecule has 1 unspecified atom stereocenters. The fourth-order valence-electron chi connectivity index (χ4n) is 3.25. The molecule has 0 aromatic heterocycles. The molecular weight excluding hydrogens is 477 g/mol. The molecule has 0 amide bonds. The SMILES string of the molecule is CCNC(=NCc1ccccc1CN1CCOCC1)NCCN(C)C(C)CC.I. The van der Waals surface area contributed by atoms with Gasteiger partial charge in [-0.1, -0.05) is 31.2 Å². The number of nitrogens with one attached hydrogen (secondary N) is 2. The highest BCUT2D eigenvalue weighted by Crippen LogP contribution is 2.14. The summed E-state index contributed by atoms with van der Waals surface area (Å²) in [6.07, 6.45) is 1.17. The summed E-state index contributed by atoms with van der Waals surface area (Å²) in [4.78, 5) is 9.67. The van der Waals surface area contributed by atoms with Gasteiger partial charge in [-0.25, -0.2) is 4.99 Å². The normalized spacial score (nSPS) is 16.4. The second kappa shape index (κ2) is 15.0. The van der Waals surface area contributed by atoms with Crippen molar-refractivity contribution in [2.24, 2.45) is 4.99 Å². The van der Waals surface area contributed by atoms with Crippen molar-refractivity contribution in [2.75, 3.05) is 53.0 Å². The van der Waals surface area contributed by atoms with Gasteiger partial charge in [-0.3, -0.25) is 4.90 Å². The molecule has 0 bridgehead atoms. The maximum Gasteiger partial charge on any atom is 0.191 e. The first-order valence-electron chi connectivity index (χ1n) is 10.7. The van der Waals surface area contributed by atoms with Crippen molar-refractivity contribution in [3.8, 4) is 0 Å². The minimum Gasteiger partial charge on any atom is -0.379 e. The summed E-state index contributed by atoms with van der Waals surface area (Å²) in [5.74, 6) is 0.890. The predicted octanol–water partition coefficient (Wildman–Crippen LogP) is 2.92. The fraction of sp³-hybridized carbons (Fsp3) is 0.682. The first kappa shape index (κ1) is 26.1. The lowest BCUT2D eigenvalue weighted by Gasteiger charge is -2.27. The van der Waals surface area contributed by atoms with E-state index < -0.39 is 0 Å². The summed E-state index contributed by atoms with van der Waals surface area (Å²) < 4.78 is 5.47. The third-order valence-corrected chi connectivity index (χ3v) is 5.47. The van der Waals surface area contributed by atoms with E-state index in [-0.39, 0.29) is 24.0 Å². The van der Waals surface area contributed by atoms with Gasteiger partial charge in [-0.2, -0.15) is 0 Å². The van der Waals surface area contributed by atoms with Crippen molar-refractivity contribution >= 4 is 29.9 Å². The van der Waals surface area contributed by atoms with E-state index in [9.17, 15) is 0 Å². The van der Waals surface area contributed by atoms with Crippen molar-refractivity contribution < 1.29 is 4.74 Å². The second-order valence-electron chi connectivity index (χ2n) is 7.52. The Morgan fingerprint density at radius 1 is 1.17 bits per heavy atom. The zero-order valence-electron chi connectivity index (χ0n) is 18.6. The summed E-state index contributed by atoms with van der Waals surface area (Å²) in [7, 11) is 2.18. The highest BCUT2D eigenvalue weighted by atomic mass is 127. The summed E-state index contributed by atoms with van der Waals surface area (Å²) in [5, 5.41) is 6.84. The molecule has 29 heavy (non-hydrogen) atoms. The molecule has 1 aromatic rings. The Balaban J connectivity index is 0.00000420. The van der Waals surface area contributed by atoms with E-state index in [4.69, 9.17) is 9.73 Å². The van der Waals surface area contributed by atoms with Crippen molar-refractivity contribution in [3.63, 3.8) is 0 Å². The van der Waals surface area contributed by atoms with Crippen LogP contribution in [0.1, 0.15) is 38.3 Å². The van der Waals surface area contributed by atoms with Crippen molar-refractivity contribution in [3.05, 3.63) is 35.4 Å². The first-order chi connectivity index (χ1) is 13.6. The Hall–Kier alpha value is -0.900. The van der Waals surface area contributed by atoms with Crippen molar-refractivity contribution in [1.29, 1.82) is 0 Å². The third-order valence-electron chi connectivity index (χ3n) is 5.47. The van der Waals surface area contributed by atoms with Crippen LogP contribution in [0.25, 0.3) is 0 Å². The van der Waals surface area contributed by atoms with Gasteiger partial charge in [0.15, 0.2) is 5.96 Å².